The second kappa shape index (κ2) is 9.95. The van der Waals surface area contributed by atoms with Gasteiger partial charge in [-0.05, 0) is 35.4 Å². The number of methoxy groups -OCH3 is 2. The fraction of sp³-hybridized carbons (Fsp3) is 0.231. The second-order valence-electron chi connectivity index (χ2n) is 8.08. The van der Waals surface area contributed by atoms with E-state index in [9.17, 15) is 9.59 Å². The van der Waals surface area contributed by atoms with Gasteiger partial charge in [-0.3, -0.25) is 4.79 Å². The maximum Gasteiger partial charge on any atom is 0.329 e. The number of amides is 1. The lowest BCUT2D eigenvalue weighted by Gasteiger charge is -2.34. The maximum absolute atomic E-state index is 13.1. The van der Waals surface area contributed by atoms with Crippen LogP contribution in [0.3, 0.4) is 0 Å². The second-order valence-corrected chi connectivity index (χ2v) is 8.08. The summed E-state index contributed by atoms with van der Waals surface area (Å²) < 4.78 is 26.7. The van der Waals surface area contributed by atoms with Crippen molar-refractivity contribution in [3.63, 3.8) is 0 Å². The van der Waals surface area contributed by atoms with Gasteiger partial charge in [0.25, 0.3) is 11.8 Å². The van der Waals surface area contributed by atoms with E-state index in [1.165, 1.54) is 18.3 Å². The molecule has 1 amide bonds. The minimum Gasteiger partial charge on any atom is -0.497 e. The van der Waals surface area contributed by atoms with E-state index in [1.807, 2.05) is 24.3 Å². The van der Waals surface area contributed by atoms with Gasteiger partial charge in [-0.25, -0.2) is 4.79 Å². The molecular weight excluding hydrogens is 466 g/mol. The molecule has 1 aliphatic rings. The van der Waals surface area contributed by atoms with E-state index in [0.717, 1.165) is 11.1 Å². The molecule has 1 aliphatic heterocycles. The number of nitrogens with zero attached hydrogens (tertiary/aromatic N) is 3. The van der Waals surface area contributed by atoms with Gasteiger partial charge < -0.3 is 28.1 Å². The lowest BCUT2D eigenvalue weighted by atomic mass is 9.93. The zero-order chi connectivity index (χ0) is 25.1. The third-order valence-corrected chi connectivity index (χ3v) is 5.97. The Hall–Kier alpha value is -4.60. The van der Waals surface area contributed by atoms with Gasteiger partial charge in [-0.1, -0.05) is 29.4 Å². The summed E-state index contributed by atoms with van der Waals surface area (Å²) in [4.78, 5) is 32.0. The zero-order valence-corrected chi connectivity index (χ0v) is 19.7. The Labute approximate surface area is 206 Å². The van der Waals surface area contributed by atoms with Crippen LogP contribution < -0.4 is 9.47 Å². The molecule has 0 N–H and O–H groups in total. The molecule has 5 rings (SSSR count). The first-order chi connectivity index (χ1) is 17.6. The summed E-state index contributed by atoms with van der Waals surface area (Å²) in [5.41, 5.74) is 2.55. The van der Waals surface area contributed by atoms with Crippen molar-refractivity contribution in [1.29, 1.82) is 0 Å². The first-order valence-corrected chi connectivity index (χ1v) is 11.2. The molecule has 0 unspecified atom stereocenters. The predicted molar refractivity (Wildman–Crippen MR) is 125 cm³/mol. The minimum absolute atomic E-state index is 0.108. The summed E-state index contributed by atoms with van der Waals surface area (Å²) >= 11 is 0. The Balaban J connectivity index is 1.32. The molecule has 3 heterocycles. The Morgan fingerprint density at radius 2 is 1.89 bits per heavy atom. The molecule has 0 bridgehead atoms. The highest BCUT2D eigenvalue weighted by Gasteiger charge is 2.37. The molecule has 2 aromatic carbocycles. The van der Waals surface area contributed by atoms with Gasteiger partial charge in [-0.2, -0.15) is 4.98 Å². The number of hydrogen-bond donors (Lipinski definition) is 0. The lowest BCUT2D eigenvalue weighted by Crippen LogP contribution is -2.49. The summed E-state index contributed by atoms with van der Waals surface area (Å²) in [5.74, 6) is 0.706. The van der Waals surface area contributed by atoms with Crippen molar-refractivity contribution in [3.05, 3.63) is 83.6 Å². The molecule has 0 aliphatic carbocycles. The fourth-order valence-corrected chi connectivity index (χ4v) is 4.12. The average Bonchev–Trinajstić information content (AvgIpc) is 3.63. The van der Waals surface area contributed by atoms with Crippen LogP contribution in [0, 0.1) is 0 Å². The van der Waals surface area contributed by atoms with Gasteiger partial charge in [0.2, 0.25) is 5.82 Å². The van der Waals surface area contributed by atoms with E-state index in [4.69, 9.17) is 23.2 Å². The van der Waals surface area contributed by atoms with E-state index < -0.39 is 12.0 Å². The number of carbonyl (C=O) groups excluding carboxylic acids is 2. The maximum atomic E-state index is 13.1. The molecule has 0 saturated heterocycles. The van der Waals surface area contributed by atoms with Crippen LogP contribution in [0.15, 0.2) is 69.8 Å². The van der Waals surface area contributed by atoms with E-state index in [1.54, 1.807) is 37.4 Å². The average molecular weight is 489 g/mol. The highest BCUT2D eigenvalue weighted by atomic mass is 16.6. The topological polar surface area (TPSA) is 117 Å². The quantitative estimate of drug-likeness (QED) is 0.359. The third kappa shape index (κ3) is 4.52. The van der Waals surface area contributed by atoms with Gasteiger partial charge in [0, 0.05) is 19.0 Å². The number of rotatable bonds is 7. The summed E-state index contributed by atoms with van der Waals surface area (Å²) in [7, 11) is 3.09. The molecule has 36 heavy (non-hydrogen) atoms. The Kier molecular flexibility index (Phi) is 6.40. The first kappa shape index (κ1) is 23.2. The van der Waals surface area contributed by atoms with E-state index >= 15 is 0 Å². The van der Waals surface area contributed by atoms with Crippen molar-refractivity contribution in [2.75, 3.05) is 14.2 Å². The zero-order valence-electron chi connectivity index (χ0n) is 19.7. The SMILES string of the molecule is COc1ccc(-c2noc(COC(=O)[C@@H]3Cc4ccccc4CN3C(=O)c3ccco3)n2)c(OC)c1. The molecule has 2 aromatic heterocycles. The van der Waals surface area contributed by atoms with Crippen molar-refractivity contribution < 1.29 is 32.7 Å². The molecule has 10 heteroatoms. The normalized spacial score (nSPS) is 14.7. The van der Waals surface area contributed by atoms with Crippen LogP contribution in [0.25, 0.3) is 11.4 Å². The number of aromatic nitrogens is 2. The first-order valence-electron chi connectivity index (χ1n) is 11.2. The summed E-state index contributed by atoms with van der Waals surface area (Å²) in [5, 5.41) is 3.97. The summed E-state index contributed by atoms with van der Waals surface area (Å²) in [6, 6.07) is 15.2. The van der Waals surface area contributed by atoms with Crippen LogP contribution in [0.4, 0.5) is 0 Å². The fourth-order valence-electron chi connectivity index (χ4n) is 4.12. The van der Waals surface area contributed by atoms with Crippen molar-refractivity contribution in [3.8, 4) is 22.9 Å². The molecule has 10 nitrogen and oxygen atoms in total. The molecule has 0 saturated carbocycles. The third-order valence-electron chi connectivity index (χ3n) is 5.97. The number of ether oxygens (including phenoxy) is 3. The standard InChI is InChI=1S/C26H23N3O7/c1-32-18-9-10-19(22(13-18)33-2)24-27-23(36-28-24)15-35-26(31)20-12-16-6-3-4-7-17(16)14-29(20)25(30)21-8-5-11-34-21/h3-11,13,20H,12,14-15H2,1-2H3/t20-/m0/s1. The van der Waals surface area contributed by atoms with Gasteiger partial charge >= 0.3 is 5.97 Å². The van der Waals surface area contributed by atoms with Crippen LogP contribution in [0.5, 0.6) is 11.5 Å². The predicted octanol–water partition coefficient (Wildman–Crippen LogP) is 3.66. The van der Waals surface area contributed by atoms with Crippen molar-refractivity contribution in [1.82, 2.24) is 15.0 Å². The van der Waals surface area contributed by atoms with Crippen LogP contribution >= 0.6 is 0 Å². The van der Waals surface area contributed by atoms with E-state index in [-0.39, 0.29) is 36.5 Å². The van der Waals surface area contributed by atoms with Gasteiger partial charge in [-0.15, -0.1) is 0 Å². The summed E-state index contributed by atoms with van der Waals surface area (Å²) in [6.45, 7) is 0.0165. The number of fused-ring (bicyclic) bond motifs is 1. The number of hydrogen-bond acceptors (Lipinski definition) is 9. The molecule has 1 atom stereocenters. The van der Waals surface area contributed by atoms with E-state index in [0.29, 0.717) is 23.5 Å². The molecule has 0 fully saturated rings. The summed E-state index contributed by atoms with van der Waals surface area (Å²) in [6.07, 6.45) is 1.74. The number of benzene rings is 2. The monoisotopic (exact) mass is 489 g/mol. The van der Waals surface area contributed by atoms with Crippen LogP contribution in [-0.2, 0) is 29.1 Å². The number of furan rings is 1. The smallest absolute Gasteiger partial charge is 0.329 e. The highest BCUT2D eigenvalue weighted by molar-refractivity contribution is 5.95. The Morgan fingerprint density at radius 3 is 2.64 bits per heavy atom. The Bertz CT molecular complexity index is 1380. The lowest BCUT2D eigenvalue weighted by molar-refractivity contribution is -0.151. The van der Waals surface area contributed by atoms with Crippen LogP contribution in [0.1, 0.15) is 27.6 Å². The molecular formula is C26H23N3O7. The van der Waals surface area contributed by atoms with Crippen LogP contribution in [0.2, 0.25) is 0 Å². The van der Waals surface area contributed by atoms with E-state index in [2.05, 4.69) is 10.1 Å². The molecule has 0 spiro atoms. The molecule has 4 aromatic rings. The molecule has 0 radical (unpaired) electrons. The Morgan fingerprint density at radius 1 is 1.06 bits per heavy atom. The highest BCUT2D eigenvalue weighted by Crippen LogP contribution is 2.32. The van der Waals surface area contributed by atoms with Crippen molar-refractivity contribution in [2.45, 2.75) is 25.6 Å². The van der Waals surface area contributed by atoms with Crippen molar-refractivity contribution >= 4 is 11.9 Å². The number of esters is 1. The van der Waals surface area contributed by atoms with Gasteiger partial charge in [0.05, 0.1) is 26.0 Å². The molecule has 184 valence electrons. The van der Waals surface area contributed by atoms with Crippen LogP contribution in [-0.4, -0.2) is 47.2 Å². The van der Waals surface area contributed by atoms with Crippen molar-refractivity contribution in [2.24, 2.45) is 0 Å². The largest absolute Gasteiger partial charge is 0.497 e. The van der Waals surface area contributed by atoms with Gasteiger partial charge in [0.15, 0.2) is 12.4 Å². The minimum atomic E-state index is -0.832. The van der Waals surface area contributed by atoms with Gasteiger partial charge in [0.1, 0.15) is 17.5 Å². The number of carbonyl (C=O) groups is 2.